The van der Waals surface area contributed by atoms with E-state index >= 15 is 0 Å². The Kier molecular flexibility index (Phi) is 6.52. The quantitative estimate of drug-likeness (QED) is 0.708. The molecule has 92 valence electrons. The monoisotopic (exact) mass is 243 g/mol. The van der Waals surface area contributed by atoms with Crippen LogP contribution in [0.25, 0.3) is 0 Å². The molecule has 1 aromatic rings. The molecule has 1 N–H and O–H groups in total. The van der Waals surface area contributed by atoms with Crippen LogP contribution in [0.5, 0.6) is 0 Å². The number of nitrogens with one attached hydrogen (secondary N) is 1. The first-order valence-corrected chi connectivity index (χ1v) is 6.57. The maximum absolute atomic E-state index is 4.95. The van der Waals surface area contributed by atoms with Gasteiger partial charge in [0.2, 0.25) is 0 Å². The summed E-state index contributed by atoms with van der Waals surface area (Å²) in [5.74, 6) is 0.492. The number of methoxy groups -OCH3 is 1. The topological polar surface area (TPSA) is 47.0 Å². The Labute approximate surface area is 101 Å². The van der Waals surface area contributed by atoms with Gasteiger partial charge in [0.25, 0.3) is 0 Å². The van der Waals surface area contributed by atoms with Gasteiger partial charge in [-0.2, -0.15) is 0 Å². The number of ether oxygens (including phenoxy) is 1. The fraction of sp³-hybridized carbons (Fsp3) is 0.818. The lowest BCUT2D eigenvalue weighted by Gasteiger charge is -2.01. The number of rotatable bonds is 8. The molecule has 0 bridgehead atoms. The molecule has 0 aliphatic heterocycles. The molecule has 0 radical (unpaired) electrons. The summed E-state index contributed by atoms with van der Waals surface area (Å²) in [4.78, 5) is 0. The highest BCUT2D eigenvalue weighted by Crippen LogP contribution is 2.19. The van der Waals surface area contributed by atoms with E-state index in [0.29, 0.717) is 5.92 Å². The van der Waals surface area contributed by atoms with Crippen LogP contribution in [0.15, 0.2) is 0 Å². The van der Waals surface area contributed by atoms with E-state index in [1.807, 2.05) is 0 Å². The molecular formula is C11H21N3OS. The zero-order valence-electron chi connectivity index (χ0n) is 10.3. The van der Waals surface area contributed by atoms with Crippen molar-refractivity contribution in [1.29, 1.82) is 0 Å². The zero-order chi connectivity index (χ0) is 11.8. The van der Waals surface area contributed by atoms with Crippen LogP contribution in [0.1, 0.15) is 36.2 Å². The highest BCUT2D eigenvalue weighted by molar-refractivity contribution is 7.11. The molecule has 0 spiro atoms. The molecule has 0 saturated carbocycles. The normalized spacial score (nSPS) is 11.2. The van der Waals surface area contributed by atoms with Crippen LogP contribution in [-0.2, 0) is 11.2 Å². The molecule has 0 fully saturated rings. The van der Waals surface area contributed by atoms with Crippen molar-refractivity contribution in [2.75, 3.05) is 26.8 Å². The van der Waals surface area contributed by atoms with Crippen molar-refractivity contribution in [2.45, 2.75) is 32.6 Å². The van der Waals surface area contributed by atoms with Gasteiger partial charge in [0, 0.05) is 26.0 Å². The minimum atomic E-state index is 0.492. The summed E-state index contributed by atoms with van der Waals surface area (Å²) in [5.41, 5.74) is 0. The molecule has 5 heteroatoms. The third kappa shape index (κ3) is 5.01. The van der Waals surface area contributed by atoms with Gasteiger partial charge >= 0.3 is 0 Å². The Hall–Kier alpha value is -0.520. The van der Waals surface area contributed by atoms with E-state index < -0.39 is 0 Å². The molecule has 1 aromatic heterocycles. The highest BCUT2D eigenvalue weighted by atomic mass is 32.1. The number of aromatic nitrogens is 2. The average Bonchev–Trinajstić information content (AvgIpc) is 2.72. The van der Waals surface area contributed by atoms with Crippen LogP contribution in [0.4, 0.5) is 0 Å². The molecule has 0 aromatic carbocycles. The Bertz CT molecular complexity index is 289. The Morgan fingerprint density at radius 2 is 2.12 bits per heavy atom. The van der Waals surface area contributed by atoms with Gasteiger partial charge in [-0.3, -0.25) is 0 Å². The molecule has 0 aliphatic carbocycles. The Morgan fingerprint density at radius 1 is 1.31 bits per heavy atom. The number of nitrogens with zero attached hydrogens (tertiary/aromatic N) is 2. The second-order valence-electron chi connectivity index (χ2n) is 4.04. The van der Waals surface area contributed by atoms with Crippen molar-refractivity contribution in [3.05, 3.63) is 10.0 Å². The van der Waals surface area contributed by atoms with Gasteiger partial charge in [-0.15, -0.1) is 21.5 Å². The van der Waals surface area contributed by atoms with E-state index in [0.717, 1.165) is 42.6 Å². The summed E-state index contributed by atoms with van der Waals surface area (Å²) in [6.45, 7) is 7.01. The first-order valence-electron chi connectivity index (χ1n) is 5.76. The molecular weight excluding hydrogens is 222 g/mol. The van der Waals surface area contributed by atoms with Gasteiger partial charge < -0.3 is 10.1 Å². The van der Waals surface area contributed by atoms with Crippen molar-refractivity contribution in [3.8, 4) is 0 Å². The lowest BCUT2D eigenvalue weighted by atomic mass is 10.2. The summed E-state index contributed by atoms with van der Waals surface area (Å²) in [7, 11) is 1.72. The van der Waals surface area contributed by atoms with E-state index in [-0.39, 0.29) is 0 Å². The van der Waals surface area contributed by atoms with Gasteiger partial charge in [0.1, 0.15) is 10.0 Å². The minimum Gasteiger partial charge on any atom is -0.383 e. The molecule has 0 amide bonds. The molecule has 4 nitrogen and oxygen atoms in total. The average molecular weight is 243 g/mol. The first kappa shape index (κ1) is 13.5. The standard InChI is InChI=1S/C11H21N3OS/c1-9(2)11-14-13-10(16-11)5-4-6-12-7-8-15-3/h9,12H,4-8H2,1-3H3. The van der Waals surface area contributed by atoms with Crippen LogP contribution >= 0.6 is 11.3 Å². The second kappa shape index (κ2) is 7.70. The predicted molar refractivity (Wildman–Crippen MR) is 67.1 cm³/mol. The summed E-state index contributed by atoms with van der Waals surface area (Å²) in [5, 5.41) is 14.0. The maximum atomic E-state index is 4.95. The lowest BCUT2D eigenvalue weighted by Crippen LogP contribution is -2.20. The van der Waals surface area contributed by atoms with Crippen molar-refractivity contribution in [2.24, 2.45) is 0 Å². The van der Waals surface area contributed by atoms with Crippen LogP contribution in [0.2, 0.25) is 0 Å². The van der Waals surface area contributed by atoms with Gasteiger partial charge in [0.05, 0.1) is 6.61 Å². The molecule has 0 aliphatic rings. The summed E-state index contributed by atoms with van der Waals surface area (Å²) < 4.78 is 4.95. The third-order valence-electron chi connectivity index (χ3n) is 2.20. The van der Waals surface area contributed by atoms with E-state index in [9.17, 15) is 0 Å². The van der Waals surface area contributed by atoms with Crippen molar-refractivity contribution < 1.29 is 4.74 Å². The molecule has 1 rings (SSSR count). The van der Waals surface area contributed by atoms with Gasteiger partial charge in [-0.25, -0.2) is 0 Å². The van der Waals surface area contributed by atoms with Gasteiger partial charge in [-0.1, -0.05) is 13.8 Å². The number of hydrogen-bond donors (Lipinski definition) is 1. The van der Waals surface area contributed by atoms with Crippen molar-refractivity contribution in [1.82, 2.24) is 15.5 Å². The van der Waals surface area contributed by atoms with E-state index in [1.165, 1.54) is 0 Å². The Balaban J connectivity index is 2.12. The summed E-state index contributed by atoms with van der Waals surface area (Å²) in [6.07, 6.45) is 2.13. The van der Waals surface area contributed by atoms with Gasteiger partial charge in [0.15, 0.2) is 0 Å². The molecule has 0 atom stereocenters. The smallest absolute Gasteiger partial charge is 0.119 e. The maximum Gasteiger partial charge on any atom is 0.119 e. The van der Waals surface area contributed by atoms with Crippen LogP contribution in [-0.4, -0.2) is 37.0 Å². The number of aryl methyl sites for hydroxylation is 1. The fourth-order valence-corrected chi connectivity index (χ4v) is 2.15. The van der Waals surface area contributed by atoms with Gasteiger partial charge in [-0.05, 0) is 13.0 Å². The predicted octanol–water partition coefficient (Wildman–Crippen LogP) is 1.83. The third-order valence-corrected chi connectivity index (χ3v) is 3.49. The molecule has 16 heavy (non-hydrogen) atoms. The fourth-order valence-electron chi connectivity index (χ4n) is 1.26. The van der Waals surface area contributed by atoms with E-state index in [4.69, 9.17) is 4.74 Å². The van der Waals surface area contributed by atoms with Crippen molar-refractivity contribution in [3.63, 3.8) is 0 Å². The first-order chi connectivity index (χ1) is 7.74. The number of hydrogen-bond acceptors (Lipinski definition) is 5. The lowest BCUT2D eigenvalue weighted by molar-refractivity contribution is 0.199. The summed E-state index contributed by atoms with van der Waals surface area (Å²) in [6, 6.07) is 0. The highest BCUT2D eigenvalue weighted by Gasteiger charge is 2.06. The van der Waals surface area contributed by atoms with E-state index in [2.05, 4.69) is 29.4 Å². The minimum absolute atomic E-state index is 0.492. The SMILES string of the molecule is COCCNCCCc1nnc(C(C)C)s1. The van der Waals surface area contributed by atoms with E-state index in [1.54, 1.807) is 18.4 Å². The summed E-state index contributed by atoms with van der Waals surface area (Å²) >= 11 is 1.73. The van der Waals surface area contributed by atoms with Crippen molar-refractivity contribution >= 4 is 11.3 Å². The van der Waals surface area contributed by atoms with Crippen LogP contribution in [0.3, 0.4) is 0 Å². The van der Waals surface area contributed by atoms with Crippen LogP contribution in [0, 0.1) is 0 Å². The largest absolute Gasteiger partial charge is 0.383 e. The second-order valence-corrected chi connectivity index (χ2v) is 5.13. The Morgan fingerprint density at radius 3 is 2.75 bits per heavy atom. The molecule has 0 saturated heterocycles. The molecule has 1 heterocycles. The van der Waals surface area contributed by atoms with Crippen LogP contribution < -0.4 is 5.32 Å². The zero-order valence-corrected chi connectivity index (χ0v) is 11.1. The molecule has 0 unspecified atom stereocenters.